The van der Waals surface area contributed by atoms with E-state index in [1.807, 2.05) is 78.9 Å². The number of nitrogens with zero attached hydrogens (tertiary/aromatic N) is 2. The molecule has 1 saturated carbocycles. The van der Waals surface area contributed by atoms with Crippen molar-refractivity contribution in [2.75, 3.05) is 40.5 Å². The lowest BCUT2D eigenvalue weighted by Crippen LogP contribution is -2.62. The van der Waals surface area contributed by atoms with Gasteiger partial charge in [-0.3, -0.25) is 19.2 Å². The van der Waals surface area contributed by atoms with E-state index in [-0.39, 0.29) is 19.3 Å². The van der Waals surface area contributed by atoms with E-state index in [4.69, 9.17) is 18.9 Å². The van der Waals surface area contributed by atoms with Gasteiger partial charge in [0.15, 0.2) is 6.23 Å². The first-order chi connectivity index (χ1) is 23.3. The van der Waals surface area contributed by atoms with E-state index in [2.05, 4.69) is 9.88 Å². The summed E-state index contributed by atoms with van der Waals surface area (Å²) < 4.78 is 26.4. The molecule has 10 heteroatoms. The van der Waals surface area contributed by atoms with E-state index >= 15 is 0 Å². The van der Waals surface area contributed by atoms with Crippen LogP contribution in [0.4, 0.5) is 0 Å². The molecule has 4 aromatic rings. The molecule has 1 aliphatic carbocycles. The second-order valence-corrected chi connectivity index (χ2v) is 12.9. The van der Waals surface area contributed by atoms with Crippen LogP contribution in [0.2, 0.25) is 0 Å². The number of H-pyrrole nitrogens is 1. The molecule has 2 atom stereocenters. The first kappa shape index (κ1) is 33.7. The van der Waals surface area contributed by atoms with Crippen molar-refractivity contribution < 1.29 is 24.1 Å². The molecule has 254 valence electrons. The van der Waals surface area contributed by atoms with Crippen LogP contribution in [-0.4, -0.2) is 71.7 Å². The van der Waals surface area contributed by atoms with E-state index < -0.39 is 28.7 Å². The molecular formula is C38H45N3O7. The number of benzene rings is 3. The van der Waals surface area contributed by atoms with Crippen molar-refractivity contribution in [2.24, 2.45) is 0 Å². The summed E-state index contributed by atoms with van der Waals surface area (Å²) in [4.78, 5) is 30.2. The zero-order valence-electron chi connectivity index (χ0n) is 27.9. The Bertz CT molecular complexity index is 1720. The van der Waals surface area contributed by atoms with Crippen molar-refractivity contribution in [2.45, 2.75) is 62.5 Å². The SMILES string of the molecule is COc1ccc(C(OC[C@]2(CO)CN(C3CCCCC3)C[C@H](n3cc(C)c(=O)[nH]c3=O)O2)(c2ccccc2)c2ccc(OC)cc2)cc1. The average molecular weight is 656 g/mol. The summed E-state index contributed by atoms with van der Waals surface area (Å²) in [6.45, 7) is 2.17. The molecule has 0 radical (unpaired) electrons. The molecule has 0 bridgehead atoms. The number of aryl methyl sites for hydroxylation is 1. The molecule has 2 fully saturated rings. The molecule has 3 aromatic carbocycles. The van der Waals surface area contributed by atoms with Crippen molar-refractivity contribution in [1.82, 2.24) is 14.5 Å². The van der Waals surface area contributed by atoms with Gasteiger partial charge in [-0.2, -0.15) is 0 Å². The molecule has 10 nitrogen and oxygen atoms in total. The van der Waals surface area contributed by atoms with Crippen LogP contribution in [0, 0.1) is 6.92 Å². The number of aliphatic hydroxyl groups excluding tert-OH is 1. The molecule has 2 aliphatic rings. The number of hydrogen-bond acceptors (Lipinski definition) is 8. The summed E-state index contributed by atoms with van der Waals surface area (Å²) in [6.07, 6.45) is 6.29. The molecule has 6 rings (SSSR count). The number of aromatic amines is 1. The molecule has 48 heavy (non-hydrogen) atoms. The van der Waals surface area contributed by atoms with Crippen molar-refractivity contribution in [3.05, 3.63) is 128 Å². The lowest BCUT2D eigenvalue weighted by atomic mass is 9.79. The molecule has 1 aromatic heterocycles. The Labute approximate surface area is 280 Å². The summed E-state index contributed by atoms with van der Waals surface area (Å²) in [5.41, 5.74) is -0.308. The number of nitrogens with one attached hydrogen (secondary N) is 1. The van der Waals surface area contributed by atoms with Gasteiger partial charge in [0, 0.05) is 30.9 Å². The number of methoxy groups -OCH3 is 2. The van der Waals surface area contributed by atoms with Gasteiger partial charge in [-0.05, 0) is 60.7 Å². The van der Waals surface area contributed by atoms with E-state index in [0.717, 1.165) is 42.4 Å². The minimum absolute atomic E-state index is 0.00669. The monoisotopic (exact) mass is 655 g/mol. The van der Waals surface area contributed by atoms with Crippen molar-refractivity contribution in [3.63, 3.8) is 0 Å². The summed E-state index contributed by atoms with van der Waals surface area (Å²) in [6, 6.07) is 25.8. The molecule has 1 saturated heterocycles. The third-order valence-electron chi connectivity index (χ3n) is 9.83. The van der Waals surface area contributed by atoms with Gasteiger partial charge in [0.25, 0.3) is 5.56 Å². The minimum Gasteiger partial charge on any atom is -0.497 e. The zero-order valence-corrected chi connectivity index (χ0v) is 27.9. The topological polar surface area (TPSA) is 115 Å². The molecule has 0 spiro atoms. The first-order valence-electron chi connectivity index (χ1n) is 16.6. The fraction of sp³-hybridized carbons (Fsp3) is 0.421. The highest BCUT2D eigenvalue weighted by atomic mass is 16.6. The van der Waals surface area contributed by atoms with Crippen LogP contribution in [0.3, 0.4) is 0 Å². The molecule has 2 heterocycles. The van der Waals surface area contributed by atoms with E-state index in [1.165, 1.54) is 11.0 Å². The predicted molar refractivity (Wildman–Crippen MR) is 183 cm³/mol. The predicted octanol–water partition coefficient (Wildman–Crippen LogP) is 4.77. The number of morpholine rings is 1. The van der Waals surface area contributed by atoms with Crippen LogP contribution in [-0.2, 0) is 15.1 Å². The van der Waals surface area contributed by atoms with E-state index in [9.17, 15) is 14.7 Å². The molecule has 0 amide bonds. The number of rotatable bonds is 11. The fourth-order valence-corrected chi connectivity index (χ4v) is 7.19. The summed E-state index contributed by atoms with van der Waals surface area (Å²) in [7, 11) is 3.27. The smallest absolute Gasteiger partial charge is 0.330 e. The third kappa shape index (κ3) is 6.71. The second kappa shape index (κ2) is 14.5. The highest BCUT2D eigenvalue weighted by Crippen LogP contribution is 2.43. The minimum atomic E-state index is -1.21. The van der Waals surface area contributed by atoms with Gasteiger partial charge in [0.2, 0.25) is 0 Å². The van der Waals surface area contributed by atoms with E-state index in [1.54, 1.807) is 27.3 Å². The van der Waals surface area contributed by atoms with Crippen LogP contribution in [0.25, 0.3) is 0 Å². The van der Waals surface area contributed by atoms with Gasteiger partial charge >= 0.3 is 5.69 Å². The average Bonchev–Trinajstić information content (AvgIpc) is 3.14. The van der Waals surface area contributed by atoms with E-state index in [0.29, 0.717) is 30.2 Å². The number of aromatic nitrogens is 2. The van der Waals surface area contributed by atoms with Gasteiger partial charge in [0.1, 0.15) is 22.7 Å². The van der Waals surface area contributed by atoms with Gasteiger partial charge in [-0.15, -0.1) is 0 Å². The van der Waals surface area contributed by atoms with Crippen LogP contribution < -0.4 is 20.7 Å². The quantitative estimate of drug-likeness (QED) is 0.222. The summed E-state index contributed by atoms with van der Waals surface area (Å²) >= 11 is 0. The highest BCUT2D eigenvalue weighted by Gasteiger charge is 2.47. The van der Waals surface area contributed by atoms with Crippen molar-refractivity contribution in [3.8, 4) is 11.5 Å². The largest absolute Gasteiger partial charge is 0.497 e. The normalized spacial score (nSPS) is 20.8. The van der Waals surface area contributed by atoms with Gasteiger partial charge in [0.05, 0.1) is 27.4 Å². The zero-order chi connectivity index (χ0) is 33.7. The lowest BCUT2D eigenvalue weighted by Gasteiger charge is -2.50. The van der Waals surface area contributed by atoms with Gasteiger partial charge in [-0.25, -0.2) is 4.79 Å². The Morgan fingerprint density at radius 2 is 1.46 bits per heavy atom. The summed E-state index contributed by atoms with van der Waals surface area (Å²) in [5, 5.41) is 11.2. The van der Waals surface area contributed by atoms with Gasteiger partial charge in [-0.1, -0.05) is 73.9 Å². The van der Waals surface area contributed by atoms with Crippen LogP contribution in [0.15, 0.2) is 94.6 Å². The van der Waals surface area contributed by atoms with Gasteiger partial charge < -0.3 is 24.1 Å². The Balaban J connectivity index is 1.46. The fourth-order valence-electron chi connectivity index (χ4n) is 7.19. The maximum Gasteiger partial charge on any atom is 0.330 e. The third-order valence-corrected chi connectivity index (χ3v) is 9.83. The standard InChI is InChI=1S/C38H45N3O7/c1-27-22-41(36(44)39-35(27)43)34-23-40(31-12-8-5-9-13-31)24-37(25-42,48-34)26-47-38(28-10-6-4-7-11-28,29-14-18-32(45-2)19-15-29)30-16-20-33(46-3)21-17-30/h4,6-7,10-11,14-22,31,34,42H,5,8-9,12-13,23-26H2,1-3H3,(H,39,43,44)/t34-,37-/m1/s1. The van der Waals surface area contributed by atoms with Crippen LogP contribution in [0.1, 0.15) is 60.6 Å². The Morgan fingerprint density at radius 3 is 2.02 bits per heavy atom. The maximum atomic E-state index is 13.1. The Kier molecular flexibility index (Phi) is 10.2. The number of hydrogen-bond donors (Lipinski definition) is 2. The molecule has 1 aliphatic heterocycles. The highest BCUT2D eigenvalue weighted by molar-refractivity contribution is 5.49. The molecule has 2 N–H and O–H groups in total. The molecule has 0 unspecified atom stereocenters. The van der Waals surface area contributed by atoms with Crippen LogP contribution >= 0.6 is 0 Å². The molecular weight excluding hydrogens is 610 g/mol. The lowest BCUT2D eigenvalue weighted by molar-refractivity contribution is -0.236. The first-order valence-corrected chi connectivity index (χ1v) is 16.6. The second-order valence-electron chi connectivity index (χ2n) is 12.9. The number of aliphatic hydroxyl groups is 1. The Morgan fingerprint density at radius 1 is 0.875 bits per heavy atom. The van der Waals surface area contributed by atoms with Crippen molar-refractivity contribution in [1.29, 1.82) is 0 Å². The van der Waals surface area contributed by atoms with Crippen molar-refractivity contribution >= 4 is 0 Å². The Hall–Kier alpha value is -4.22. The maximum absolute atomic E-state index is 13.1. The summed E-state index contributed by atoms with van der Waals surface area (Å²) in [5.74, 6) is 1.43. The van der Waals surface area contributed by atoms with Crippen LogP contribution in [0.5, 0.6) is 11.5 Å². The number of ether oxygens (including phenoxy) is 4.